The smallest absolute Gasteiger partial charge is 0.221 e. The lowest BCUT2D eigenvalue weighted by molar-refractivity contribution is -0.114. The Labute approximate surface area is 127 Å². The quantitative estimate of drug-likeness (QED) is 0.456. The average Bonchev–Trinajstić information content (AvgIpc) is 2.44. The molecule has 7 heteroatoms. The fraction of sp³-hybridized carbons (Fsp3) is 0.143. The number of anilines is 1. The molecule has 108 valence electrons. The van der Waals surface area contributed by atoms with Crippen LogP contribution in [0, 0.1) is 0 Å². The SMILES string of the molecule is CC(=O)Nc1cccc2c(/C(C)=N\NC(N)=S)nccc12. The average molecular weight is 301 g/mol. The molecule has 0 aliphatic carbocycles. The number of hydrazone groups is 1. The number of hydrogen-bond donors (Lipinski definition) is 3. The summed E-state index contributed by atoms with van der Waals surface area (Å²) in [5, 5.41) is 8.75. The van der Waals surface area contributed by atoms with Crippen molar-refractivity contribution in [3.05, 3.63) is 36.2 Å². The van der Waals surface area contributed by atoms with Gasteiger partial charge in [-0.15, -0.1) is 0 Å². The molecule has 1 amide bonds. The predicted octanol–water partition coefficient (Wildman–Crippen LogP) is 1.75. The molecule has 0 saturated carbocycles. The fourth-order valence-corrected chi connectivity index (χ4v) is 2.03. The number of hydrogen-bond acceptors (Lipinski definition) is 4. The lowest BCUT2D eigenvalue weighted by atomic mass is 10.1. The van der Waals surface area contributed by atoms with Gasteiger partial charge in [0.15, 0.2) is 5.11 Å². The number of carbonyl (C=O) groups is 1. The van der Waals surface area contributed by atoms with Gasteiger partial charge >= 0.3 is 0 Å². The van der Waals surface area contributed by atoms with Gasteiger partial charge in [-0.25, -0.2) is 0 Å². The van der Waals surface area contributed by atoms with E-state index in [-0.39, 0.29) is 11.0 Å². The van der Waals surface area contributed by atoms with Crippen LogP contribution >= 0.6 is 12.2 Å². The number of pyridine rings is 1. The van der Waals surface area contributed by atoms with Crippen LogP contribution in [0.3, 0.4) is 0 Å². The molecule has 2 rings (SSSR count). The molecular formula is C14H15N5OS. The molecule has 21 heavy (non-hydrogen) atoms. The summed E-state index contributed by atoms with van der Waals surface area (Å²) in [6, 6.07) is 7.46. The van der Waals surface area contributed by atoms with Gasteiger partial charge in [0, 0.05) is 29.6 Å². The van der Waals surface area contributed by atoms with Crippen molar-refractivity contribution in [2.24, 2.45) is 10.8 Å². The minimum Gasteiger partial charge on any atom is -0.375 e. The van der Waals surface area contributed by atoms with Crippen molar-refractivity contribution in [3.63, 3.8) is 0 Å². The number of carbonyl (C=O) groups excluding carboxylic acids is 1. The molecule has 1 aromatic carbocycles. The molecule has 0 fully saturated rings. The lowest BCUT2D eigenvalue weighted by Gasteiger charge is -2.10. The maximum absolute atomic E-state index is 11.3. The number of fused-ring (bicyclic) bond motifs is 1. The predicted molar refractivity (Wildman–Crippen MR) is 88.2 cm³/mol. The van der Waals surface area contributed by atoms with Crippen LogP contribution in [0.5, 0.6) is 0 Å². The maximum atomic E-state index is 11.3. The number of benzene rings is 1. The van der Waals surface area contributed by atoms with Crippen molar-refractivity contribution in [1.29, 1.82) is 0 Å². The first-order valence-corrected chi connectivity index (χ1v) is 6.65. The lowest BCUT2D eigenvalue weighted by Crippen LogP contribution is -2.25. The van der Waals surface area contributed by atoms with Gasteiger partial charge in [0.05, 0.1) is 11.4 Å². The summed E-state index contributed by atoms with van der Waals surface area (Å²) >= 11 is 4.72. The summed E-state index contributed by atoms with van der Waals surface area (Å²) in [5.41, 5.74) is 9.98. The van der Waals surface area contributed by atoms with Crippen LogP contribution in [-0.2, 0) is 4.79 Å². The maximum Gasteiger partial charge on any atom is 0.221 e. The van der Waals surface area contributed by atoms with Crippen LogP contribution in [-0.4, -0.2) is 21.7 Å². The molecule has 1 heterocycles. The van der Waals surface area contributed by atoms with Crippen LogP contribution in [0.4, 0.5) is 5.69 Å². The highest BCUT2D eigenvalue weighted by Crippen LogP contribution is 2.25. The second-order valence-electron chi connectivity index (χ2n) is 4.41. The Morgan fingerprint density at radius 2 is 2.05 bits per heavy atom. The molecule has 6 nitrogen and oxygen atoms in total. The van der Waals surface area contributed by atoms with Gasteiger partial charge in [-0.1, -0.05) is 12.1 Å². The summed E-state index contributed by atoms with van der Waals surface area (Å²) < 4.78 is 0. The van der Waals surface area contributed by atoms with E-state index >= 15 is 0 Å². The van der Waals surface area contributed by atoms with E-state index in [0.717, 1.165) is 16.5 Å². The molecule has 0 radical (unpaired) electrons. The first-order chi connectivity index (χ1) is 9.99. The number of aromatic nitrogens is 1. The molecule has 0 aliphatic heterocycles. The summed E-state index contributed by atoms with van der Waals surface area (Å²) in [5.74, 6) is -0.124. The number of nitrogens with two attached hydrogens (primary N) is 1. The van der Waals surface area contributed by atoms with Crippen molar-refractivity contribution in [3.8, 4) is 0 Å². The number of thiocarbonyl (C=S) groups is 1. The minimum atomic E-state index is -0.124. The molecule has 0 bridgehead atoms. The molecule has 2 aromatic rings. The largest absolute Gasteiger partial charge is 0.375 e. The van der Waals surface area contributed by atoms with Crippen LogP contribution in [0.1, 0.15) is 19.5 Å². The van der Waals surface area contributed by atoms with Gasteiger partial charge in [-0.3, -0.25) is 15.2 Å². The zero-order chi connectivity index (χ0) is 15.4. The second kappa shape index (κ2) is 6.27. The molecule has 0 unspecified atom stereocenters. The van der Waals surface area contributed by atoms with Crippen LogP contribution in [0.25, 0.3) is 10.8 Å². The van der Waals surface area contributed by atoms with E-state index in [2.05, 4.69) is 20.8 Å². The summed E-state index contributed by atoms with van der Waals surface area (Å²) in [7, 11) is 0. The van der Waals surface area contributed by atoms with Gasteiger partial charge in [0.1, 0.15) is 0 Å². The minimum absolute atomic E-state index is 0.0912. The molecule has 0 aliphatic rings. The summed E-state index contributed by atoms with van der Waals surface area (Å²) in [6.45, 7) is 3.28. The molecular weight excluding hydrogens is 286 g/mol. The van der Waals surface area contributed by atoms with Crippen molar-refractivity contribution in [2.45, 2.75) is 13.8 Å². The van der Waals surface area contributed by atoms with Crippen molar-refractivity contribution < 1.29 is 4.79 Å². The van der Waals surface area contributed by atoms with E-state index in [4.69, 9.17) is 18.0 Å². The topological polar surface area (TPSA) is 92.4 Å². The first kappa shape index (κ1) is 14.9. The second-order valence-corrected chi connectivity index (χ2v) is 4.85. The third kappa shape index (κ3) is 3.51. The van der Waals surface area contributed by atoms with E-state index < -0.39 is 0 Å². The van der Waals surface area contributed by atoms with Crippen molar-refractivity contribution in [1.82, 2.24) is 10.4 Å². The summed E-state index contributed by atoms with van der Waals surface area (Å²) in [6.07, 6.45) is 1.67. The zero-order valence-electron chi connectivity index (χ0n) is 11.7. The van der Waals surface area contributed by atoms with Crippen LogP contribution in [0.15, 0.2) is 35.6 Å². The van der Waals surface area contributed by atoms with Crippen LogP contribution in [0.2, 0.25) is 0 Å². The Bertz CT molecular complexity index is 741. The van der Waals surface area contributed by atoms with E-state index in [1.54, 1.807) is 13.1 Å². The Balaban J connectivity index is 2.54. The monoisotopic (exact) mass is 301 g/mol. The van der Waals surface area contributed by atoms with E-state index in [9.17, 15) is 4.79 Å². The number of nitrogens with one attached hydrogen (secondary N) is 2. The van der Waals surface area contributed by atoms with Crippen molar-refractivity contribution in [2.75, 3.05) is 5.32 Å². The van der Waals surface area contributed by atoms with Crippen molar-refractivity contribution >= 4 is 45.4 Å². The standard InChI is InChI=1S/C14H15N5OS/c1-8(18-19-14(15)21)13-11-4-3-5-12(17-9(2)20)10(11)6-7-16-13/h3-7H,1-2H3,(H,17,20)(H3,15,19,21)/b18-8-. The third-order valence-corrected chi connectivity index (χ3v) is 2.88. The van der Waals surface area contributed by atoms with Crippen LogP contribution < -0.4 is 16.5 Å². The third-order valence-electron chi connectivity index (χ3n) is 2.79. The van der Waals surface area contributed by atoms with Gasteiger partial charge in [0.25, 0.3) is 0 Å². The van der Waals surface area contributed by atoms with E-state index in [1.165, 1.54) is 6.92 Å². The molecule has 4 N–H and O–H groups in total. The molecule has 0 atom stereocenters. The number of amides is 1. The van der Waals surface area contributed by atoms with Gasteiger partial charge in [0.2, 0.25) is 5.91 Å². The Kier molecular flexibility index (Phi) is 4.44. The Morgan fingerprint density at radius 3 is 2.71 bits per heavy atom. The first-order valence-electron chi connectivity index (χ1n) is 6.24. The number of nitrogens with zero attached hydrogens (tertiary/aromatic N) is 2. The zero-order valence-corrected chi connectivity index (χ0v) is 12.5. The fourth-order valence-electron chi connectivity index (χ4n) is 1.99. The molecule has 0 saturated heterocycles. The highest BCUT2D eigenvalue weighted by atomic mass is 32.1. The normalized spacial score (nSPS) is 11.2. The van der Waals surface area contributed by atoms with Gasteiger partial charge in [-0.2, -0.15) is 5.10 Å². The van der Waals surface area contributed by atoms with Gasteiger partial charge < -0.3 is 11.1 Å². The Hall–Kier alpha value is -2.54. The Morgan fingerprint density at radius 1 is 1.29 bits per heavy atom. The molecule has 1 aromatic heterocycles. The number of rotatable bonds is 3. The van der Waals surface area contributed by atoms with Gasteiger partial charge in [-0.05, 0) is 31.3 Å². The summed E-state index contributed by atoms with van der Waals surface area (Å²) in [4.78, 5) is 15.6. The highest BCUT2D eigenvalue weighted by molar-refractivity contribution is 7.80. The highest BCUT2D eigenvalue weighted by Gasteiger charge is 2.09. The molecule has 0 spiro atoms. The van der Waals surface area contributed by atoms with E-state index in [1.807, 2.05) is 24.3 Å². The van der Waals surface area contributed by atoms with E-state index in [0.29, 0.717) is 11.4 Å².